The van der Waals surface area contributed by atoms with Crippen molar-refractivity contribution < 1.29 is 4.74 Å². The van der Waals surface area contributed by atoms with Crippen LogP contribution in [0.2, 0.25) is 0 Å². The third kappa shape index (κ3) is 3.03. The molecule has 20 heavy (non-hydrogen) atoms. The highest BCUT2D eigenvalue weighted by molar-refractivity contribution is 5.59. The van der Waals surface area contributed by atoms with Gasteiger partial charge in [-0.05, 0) is 32.1 Å². The molecule has 1 aromatic rings. The monoisotopic (exact) mass is 278 g/mol. The van der Waals surface area contributed by atoms with Crippen LogP contribution >= 0.6 is 0 Å². The lowest BCUT2D eigenvalue weighted by molar-refractivity contribution is -0.0601. The zero-order valence-corrected chi connectivity index (χ0v) is 13.0. The highest BCUT2D eigenvalue weighted by Gasteiger charge is 2.37. The van der Waals surface area contributed by atoms with Crippen LogP contribution in [0.15, 0.2) is 6.33 Å². The molecule has 0 spiro atoms. The molecule has 0 unspecified atom stereocenters. The maximum absolute atomic E-state index is 5.65. The van der Waals surface area contributed by atoms with E-state index >= 15 is 0 Å². The van der Waals surface area contributed by atoms with Gasteiger partial charge in [0.1, 0.15) is 18.0 Å². The Hall–Kier alpha value is -1.36. The van der Waals surface area contributed by atoms with E-state index < -0.39 is 0 Å². The first-order valence-electron chi connectivity index (χ1n) is 7.49. The van der Waals surface area contributed by atoms with Crippen molar-refractivity contribution in [2.24, 2.45) is 0 Å². The Morgan fingerprint density at radius 1 is 1.25 bits per heavy atom. The first-order chi connectivity index (χ1) is 9.62. The van der Waals surface area contributed by atoms with E-state index in [-0.39, 0.29) is 5.60 Å². The van der Waals surface area contributed by atoms with Gasteiger partial charge >= 0.3 is 0 Å². The van der Waals surface area contributed by atoms with Gasteiger partial charge in [0.25, 0.3) is 0 Å². The van der Waals surface area contributed by atoms with Crippen LogP contribution in [-0.2, 0) is 4.74 Å². The molecule has 0 bridgehead atoms. The number of methoxy groups -OCH3 is 1. The van der Waals surface area contributed by atoms with Gasteiger partial charge in [-0.3, -0.25) is 0 Å². The normalized spacial score (nSPS) is 16.9. The van der Waals surface area contributed by atoms with Crippen molar-refractivity contribution in [3.05, 3.63) is 11.9 Å². The van der Waals surface area contributed by atoms with Crippen LogP contribution in [0.3, 0.4) is 0 Å². The van der Waals surface area contributed by atoms with Gasteiger partial charge in [0, 0.05) is 25.8 Å². The van der Waals surface area contributed by atoms with Crippen molar-refractivity contribution in [1.29, 1.82) is 0 Å². The summed E-state index contributed by atoms with van der Waals surface area (Å²) in [7, 11) is 1.80. The lowest BCUT2D eigenvalue weighted by Crippen LogP contribution is -2.45. The molecule has 112 valence electrons. The summed E-state index contributed by atoms with van der Waals surface area (Å²) in [5.41, 5.74) is 1.15. The second-order valence-electron chi connectivity index (χ2n) is 5.76. The third-order valence-electron chi connectivity index (χ3n) is 4.08. The minimum atomic E-state index is -0.00243. The smallest absolute Gasteiger partial charge is 0.135 e. The zero-order valence-electron chi connectivity index (χ0n) is 13.0. The molecule has 1 heterocycles. The molecule has 2 N–H and O–H groups in total. The van der Waals surface area contributed by atoms with Gasteiger partial charge < -0.3 is 15.4 Å². The first kappa shape index (κ1) is 15.0. The maximum atomic E-state index is 5.65. The van der Waals surface area contributed by atoms with Crippen LogP contribution in [0.4, 0.5) is 11.6 Å². The molecule has 1 saturated carbocycles. The average Bonchev–Trinajstić information content (AvgIpc) is 2.38. The highest BCUT2D eigenvalue weighted by atomic mass is 16.5. The number of nitrogens with one attached hydrogen (secondary N) is 2. The Labute approximate surface area is 121 Å². The molecule has 0 aliphatic heterocycles. The second kappa shape index (κ2) is 6.39. The Morgan fingerprint density at radius 3 is 2.35 bits per heavy atom. The van der Waals surface area contributed by atoms with Gasteiger partial charge in [-0.15, -0.1) is 0 Å². The Kier molecular flexibility index (Phi) is 4.81. The SMILES string of the molecule is CCNc1ncnc(NCC2(OC)CCC2)c1C(C)C. The highest BCUT2D eigenvalue weighted by Crippen LogP contribution is 2.36. The molecule has 1 fully saturated rings. The molecule has 2 rings (SSSR count). The topological polar surface area (TPSA) is 59.1 Å². The zero-order chi connectivity index (χ0) is 14.6. The standard InChI is InChI=1S/C15H26N4O/c1-5-16-13-12(11(2)3)14(19-10-18-13)17-9-15(20-4)7-6-8-15/h10-11H,5-9H2,1-4H3,(H2,16,17,18,19). The molecule has 0 saturated heterocycles. The van der Waals surface area contributed by atoms with Gasteiger partial charge in [-0.1, -0.05) is 13.8 Å². The predicted octanol–water partition coefficient (Wildman–Crippen LogP) is 3.01. The number of hydrogen-bond donors (Lipinski definition) is 2. The van der Waals surface area contributed by atoms with E-state index in [4.69, 9.17) is 4.74 Å². The van der Waals surface area contributed by atoms with Gasteiger partial charge in [0.2, 0.25) is 0 Å². The van der Waals surface area contributed by atoms with Crippen LogP contribution in [0, 0.1) is 0 Å². The van der Waals surface area contributed by atoms with E-state index in [0.717, 1.165) is 43.1 Å². The van der Waals surface area contributed by atoms with Crippen LogP contribution in [-0.4, -0.2) is 35.8 Å². The summed E-state index contributed by atoms with van der Waals surface area (Å²) in [6.07, 6.45) is 5.11. The molecule has 1 aliphatic carbocycles. The number of rotatable bonds is 7. The van der Waals surface area contributed by atoms with Gasteiger partial charge in [0.05, 0.1) is 5.60 Å². The fourth-order valence-electron chi connectivity index (χ4n) is 2.66. The van der Waals surface area contributed by atoms with E-state index in [9.17, 15) is 0 Å². The van der Waals surface area contributed by atoms with E-state index in [1.165, 1.54) is 6.42 Å². The van der Waals surface area contributed by atoms with Gasteiger partial charge in [-0.2, -0.15) is 0 Å². The van der Waals surface area contributed by atoms with E-state index in [1.54, 1.807) is 13.4 Å². The summed E-state index contributed by atoms with van der Waals surface area (Å²) in [5.74, 6) is 2.22. The third-order valence-corrected chi connectivity index (χ3v) is 4.08. The summed E-state index contributed by atoms with van der Waals surface area (Å²) in [6.45, 7) is 8.08. The summed E-state index contributed by atoms with van der Waals surface area (Å²) >= 11 is 0. The Morgan fingerprint density at radius 2 is 1.90 bits per heavy atom. The molecule has 1 aromatic heterocycles. The first-order valence-corrected chi connectivity index (χ1v) is 7.49. The Bertz CT molecular complexity index is 438. The van der Waals surface area contributed by atoms with Crippen molar-refractivity contribution in [3.8, 4) is 0 Å². The molecule has 0 aromatic carbocycles. The van der Waals surface area contributed by atoms with Crippen molar-refractivity contribution in [2.45, 2.75) is 51.6 Å². The van der Waals surface area contributed by atoms with E-state index in [1.807, 2.05) is 0 Å². The van der Waals surface area contributed by atoms with Crippen LogP contribution < -0.4 is 10.6 Å². The molecular formula is C15H26N4O. The van der Waals surface area contributed by atoms with Crippen LogP contribution in [0.1, 0.15) is 51.5 Å². The van der Waals surface area contributed by atoms with Crippen molar-refractivity contribution in [2.75, 3.05) is 30.8 Å². The molecule has 5 nitrogen and oxygen atoms in total. The molecule has 1 aliphatic rings. The average molecular weight is 278 g/mol. The fraction of sp³-hybridized carbons (Fsp3) is 0.733. The lowest BCUT2D eigenvalue weighted by atomic mass is 9.80. The van der Waals surface area contributed by atoms with E-state index in [0.29, 0.717) is 5.92 Å². The summed E-state index contributed by atoms with van der Waals surface area (Å²) in [4.78, 5) is 8.78. The predicted molar refractivity (Wildman–Crippen MR) is 82.4 cm³/mol. The number of ether oxygens (including phenoxy) is 1. The largest absolute Gasteiger partial charge is 0.376 e. The van der Waals surface area contributed by atoms with Crippen molar-refractivity contribution in [1.82, 2.24) is 9.97 Å². The second-order valence-corrected chi connectivity index (χ2v) is 5.76. The molecule has 0 atom stereocenters. The molecular weight excluding hydrogens is 252 g/mol. The van der Waals surface area contributed by atoms with Gasteiger partial charge in [0.15, 0.2) is 0 Å². The fourth-order valence-corrected chi connectivity index (χ4v) is 2.66. The minimum absolute atomic E-state index is 0.00243. The quantitative estimate of drug-likeness (QED) is 0.803. The van der Waals surface area contributed by atoms with E-state index in [2.05, 4.69) is 41.4 Å². The number of nitrogens with zero attached hydrogens (tertiary/aromatic N) is 2. The lowest BCUT2D eigenvalue weighted by Gasteiger charge is -2.40. The maximum Gasteiger partial charge on any atom is 0.135 e. The van der Waals surface area contributed by atoms with Crippen molar-refractivity contribution >= 4 is 11.6 Å². The summed E-state index contributed by atoms with van der Waals surface area (Å²) in [6, 6.07) is 0. The molecule has 0 amide bonds. The van der Waals surface area contributed by atoms with Crippen molar-refractivity contribution in [3.63, 3.8) is 0 Å². The minimum Gasteiger partial charge on any atom is -0.376 e. The van der Waals surface area contributed by atoms with Crippen LogP contribution in [0.25, 0.3) is 0 Å². The number of hydrogen-bond acceptors (Lipinski definition) is 5. The van der Waals surface area contributed by atoms with Gasteiger partial charge in [-0.25, -0.2) is 9.97 Å². The Balaban J connectivity index is 2.16. The number of aromatic nitrogens is 2. The number of anilines is 2. The van der Waals surface area contributed by atoms with Crippen LogP contribution in [0.5, 0.6) is 0 Å². The summed E-state index contributed by atoms with van der Waals surface area (Å²) in [5, 5.41) is 6.79. The summed E-state index contributed by atoms with van der Waals surface area (Å²) < 4.78 is 5.65. The molecule has 5 heteroatoms. The molecule has 0 radical (unpaired) electrons.